The van der Waals surface area contributed by atoms with Gasteiger partial charge in [0.15, 0.2) is 0 Å². The molecular formula is C18H24O2. The van der Waals surface area contributed by atoms with E-state index in [1.54, 1.807) is 0 Å². The molecule has 0 aromatic heterocycles. The van der Waals surface area contributed by atoms with E-state index < -0.39 is 5.60 Å². The van der Waals surface area contributed by atoms with Crippen LogP contribution in [0.15, 0.2) is 24.3 Å². The molecule has 20 heavy (non-hydrogen) atoms. The van der Waals surface area contributed by atoms with E-state index in [2.05, 4.69) is 12.1 Å². The molecule has 108 valence electrons. The van der Waals surface area contributed by atoms with Crippen LogP contribution in [0.2, 0.25) is 0 Å². The van der Waals surface area contributed by atoms with Gasteiger partial charge in [0, 0.05) is 0 Å². The number of fused-ring (bicyclic) bond motifs is 5. The fraction of sp³-hybridized carbons (Fsp3) is 0.667. The maximum atomic E-state index is 11.3. The van der Waals surface area contributed by atoms with Gasteiger partial charge in [-0.15, -0.1) is 0 Å². The number of rotatable bonds is 3. The normalized spacial score (nSPS) is 41.9. The summed E-state index contributed by atoms with van der Waals surface area (Å²) in [5.74, 6) is 3.82. The van der Waals surface area contributed by atoms with Crippen molar-refractivity contribution in [2.75, 3.05) is 6.61 Å². The van der Waals surface area contributed by atoms with Crippen molar-refractivity contribution >= 4 is 0 Å². The lowest BCUT2D eigenvalue weighted by atomic mass is 9.70. The van der Waals surface area contributed by atoms with Gasteiger partial charge >= 0.3 is 0 Å². The minimum Gasteiger partial charge on any atom is -0.494 e. The summed E-state index contributed by atoms with van der Waals surface area (Å²) in [4.78, 5) is 0. The van der Waals surface area contributed by atoms with Crippen molar-refractivity contribution in [3.05, 3.63) is 29.8 Å². The zero-order valence-corrected chi connectivity index (χ0v) is 12.2. The van der Waals surface area contributed by atoms with E-state index in [-0.39, 0.29) is 0 Å². The van der Waals surface area contributed by atoms with Crippen LogP contribution in [0.25, 0.3) is 0 Å². The van der Waals surface area contributed by atoms with Gasteiger partial charge in [-0.05, 0) is 74.0 Å². The molecule has 3 saturated carbocycles. The summed E-state index contributed by atoms with van der Waals surface area (Å²) in [5.41, 5.74) is 0.491. The maximum Gasteiger partial charge on any atom is 0.119 e. The largest absolute Gasteiger partial charge is 0.494 e. The molecule has 3 fully saturated rings. The molecule has 1 aromatic carbocycles. The topological polar surface area (TPSA) is 29.5 Å². The van der Waals surface area contributed by atoms with E-state index in [0.29, 0.717) is 12.5 Å². The van der Waals surface area contributed by atoms with E-state index in [9.17, 15) is 5.11 Å². The van der Waals surface area contributed by atoms with Gasteiger partial charge in [-0.1, -0.05) is 18.6 Å². The molecule has 0 heterocycles. The van der Waals surface area contributed by atoms with Gasteiger partial charge in [0.05, 0.1) is 12.2 Å². The molecule has 3 aliphatic carbocycles. The van der Waals surface area contributed by atoms with Crippen LogP contribution in [0.5, 0.6) is 5.75 Å². The predicted octanol–water partition coefficient (Wildman–Crippen LogP) is 3.73. The van der Waals surface area contributed by atoms with Crippen LogP contribution in [0.3, 0.4) is 0 Å². The third kappa shape index (κ3) is 1.67. The summed E-state index contributed by atoms with van der Waals surface area (Å²) < 4.78 is 5.61. The average molecular weight is 272 g/mol. The molecule has 4 rings (SSSR count). The Morgan fingerprint density at radius 2 is 2.15 bits per heavy atom. The van der Waals surface area contributed by atoms with E-state index in [1.165, 1.54) is 25.7 Å². The Kier molecular flexibility index (Phi) is 2.85. The van der Waals surface area contributed by atoms with Crippen LogP contribution in [-0.2, 0) is 5.60 Å². The van der Waals surface area contributed by atoms with E-state index in [1.807, 2.05) is 19.1 Å². The predicted molar refractivity (Wildman–Crippen MR) is 78.6 cm³/mol. The number of hydrogen-bond acceptors (Lipinski definition) is 2. The molecular weight excluding hydrogens is 248 g/mol. The summed E-state index contributed by atoms with van der Waals surface area (Å²) in [6.07, 6.45) is 6.32. The van der Waals surface area contributed by atoms with Crippen molar-refractivity contribution in [3.8, 4) is 5.75 Å². The molecule has 5 unspecified atom stereocenters. The Balaban J connectivity index is 1.66. The van der Waals surface area contributed by atoms with Crippen molar-refractivity contribution in [2.45, 2.75) is 44.6 Å². The summed E-state index contributed by atoms with van der Waals surface area (Å²) in [5, 5.41) is 11.3. The van der Waals surface area contributed by atoms with Crippen LogP contribution in [0.4, 0.5) is 0 Å². The van der Waals surface area contributed by atoms with E-state index in [4.69, 9.17) is 4.74 Å². The first-order chi connectivity index (χ1) is 9.72. The standard InChI is InChI=1S/C18H24O2/c1-2-20-14-6-3-5-13(10-14)18(19)11-12-9-17(18)16-8-4-7-15(12)16/h3,5-6,10,12,15-17,19H,2,4,7-9,11H2,1H3. The highest BCUT2D eigenvalue weighted by atomic mass is 16.5. The number of aliphatic hydroxyl groups is 1. The Bertz CT molecular complexity index is 512. The molecule has 0 radical (unpaired) electrons. The molecule has 2 heteroatoms. The zero-order chi connectivity index (χ0) is 13.7. The third-order valence-electron chi connectivity index (χ3n) is 6.14. The highest BCUT2D eigenvalue weighted by Crippen LogP contribution is 2.65. The minimum atomic E-state index is -0.594. The highest BCUT2D eigenvalue weighted by Gasteiger charge is 2.60. The highest BCUT2D eigenvalue weighted by molar-refractivity contribution is 5.35. The molecule has 0 aliphatic heterocycles. The number of ether oxygens (including phenoxy) is 1. The second-order valence-corrected chi connectivity index (χ2v) is 6.95. The fourth-order valence-corrected chi connectivity index (χ4v) is 5.47. The van der Waals surface area contributed by atoms with Gasteiger partial charge in [-0.3, -0.25) is 0 Å². The second kappa shape index (κ2) is 4.49. The van der Waals surface area contributed by atoms with Crippen molar-refractivity contribution < 1.29 is 9.84 Å². The Labute approximate surface area is 121 Å². The molecule has 2 bridgehead atoms. The molecule has 5 atom stereocenters. The Hall–Kier alpha value is -1.02. The number of benzene rings is 1. The van der Waals surface area contributed by atoms with Gasteiger partial charge in [0.1, 0.15) is 5.75 Å². The van der Waals surface area contributed by atoms with Gasteiger partial charge in [0.25, 0.3) is 0 Å². The minimum absolute atomic E-state index is 0.483. The molecule has 2 nitrogen and oxygen atoms in total. The quantitative estimate of drug-likeness (QED) is 0.908. The smallest absolute Gasteiger partial charge is 0.119 e. The molecule has 0 spiro atoms. The summed E-state index contributed by atoms with van der Waals surface area (Å²) in [7, 11) is 0. The lowest BCUT2D eigenvalue weighted by Crippen LogP contribution is -2.38. The van der Waals surface area contributed by atoms with Crippen molar-refractivity contribution in [2.24, 2.45) is 23.7 Å². The average Bonchev–Trinajstić information content (AvgIpc) is 3.10. The first-order valence-corrected chi connectivity index (χ1v) is 8.18. The van der Waals surface area contributed by atoms with Crippen LogP contribution in [0.1, 0.15) is 44.6 Å². The van der Waals surface area contributed by atoms with Crippen LogP contribution in [-0.4, -0.2) is 11.7 Å². The van der Waals surface area contributed by atoms with Crippen LogP contribution in [0, 0.1) is 23.7 Å². The van der Waals surface area contributed by atoms with Crippen LogP contribution < -0.4 is 4.74 Å². The lowest BCUT2D eigenvalue weighted by molar-refractivity contribution is -0.0513. The van der Waals surface area contributed by atoms with Gasteiger partial charge in [0.2, 0.25) is 0 Å². The summed E-state index contributed by atoms with van der Waals surface area (Å²) in [6.45, 7) is 2.68. The third-order valence-corrected chi connectivity index (χ3v) is 6.14. The molecule has 3 aliphatic rings. The van der Waals surface area contributed by atoms with E-state index in [0.717, 1.165) is 35.5 Å². The van der Waals surface area contributed by atoms with Gasteiger partial charge in [-0.25, -0.2) is 0 Å². The molecule has 0 amide bonds. The van der Waals surface area contributed by atoms with Crippen molar-refractivity contribution in [3.63, 3.8) is 0 Å². The molecule has 1 aromatic rings. The van der Waals surface area contributed by atoms with Crippen LogP contribution >= 0.6 is 0 Å². The maximum absolute atomic E-state index is 11.3. The van der Waals surface area contributed by atoms with Gasteiger partial charge < -0.3 is 9.84 Å². The summed E-state index contributed by atoms with van der Waals surface area (Å²) in [6, 6.07) is 8.17. The lowest BCUT2D eigenvalue weighted by Gasteiger charge is -2.39. The second-order valence-electron chi connectivity index (χ2n) is 6.95. The molecule has 0 saturated heterocycles. The van der Waals surface area contributed by atoms with E-state index >= 15 is 0 Å². The molecule has 1 N–H and O–H groups in total. The zero-order valence-electron chi connectivity index (χ0n) is 12.2. The first kappa shape index (κ1) is 12.7. The number of hydrogen-bond donors (Lipinski definition) is 1. The van der Waals surface area contributed by atoms with Crippen molar-refractivity contribution in [1.82, 2.24) is 0 Å². The van der Waals surface area contributed by atoms with Crippen molar-refractivity contribution in [1.29, 1.82) is 0 Å². The fourth-order valence-electron chi connectivity index (χ4n) is 5.47. The summed E-state index contributed by atoms with van der Waals surface area (Å²) >= 11 is 0. The SMILES string of the molecule is CCOc1cccc(C2(O)CC3CC2C2CCCC32)c1. The monoisotopic (exact) mass is 272 g/mol. The Morgan fingerprint density at radius 3 is 3.00 bits per heavy atom. The van der Waals surface area contributed by atoms with Gasteiger partial charge in [-0.2, -0.15) is 0 Å². The first-order valence-electron chi connectivity index (χ1n) is 8.18. The Morgan fingerprint density at radius 1 is 1.30 bits per heavy atom.